The molecule has 0 aliphatic carbocycles. The Bertz CT molecular complexity index is 985. The number of rotatable bonds is 3. The Hall–Kier alpha value is -3.19. The van der Waals surface area contributed by atoms with Crippen molar-refractivity contribution in [1.29, 1.82) is 10.5 Å². The predicted molar refractivity (Wildman–Crippen MR) is 88.3 cm³/mol. The van der Waals surface area contributed by atoms with Crippen molar-refractivity contribution in [3.8, 4) is 12.1 Å². The van der Waals surface area contributed by atoms with Crippen LogP contribution in [-0.4, -0.2) is 16.6 Å². The highest BCUT2D eigenvalue weighted by molar-refractivity contribution is 5.82. The van der Waals surface area contributed by atoms with Crippen LogP contribution in [0.4, 0.5) is 8.78 Å². The van der Waals surface area contributed by atoms with Gasteiger partial charge in [0.2, 0.25) is 0 Å². The van der Waals surface area contributed by atoms with E-state index >= 15 is 0 Å². The Morgan fingerprint density at radius 3 is 2.56 bits per heavy atom. The van der Waals surface area contributed by atoms with E-state index in [-0.39, 0.29) is 5.57 Å². The van der Waals surface area contributed by atoms with Crippen molar-refractivity contribution < 1.29 is 8.78 Å². The summed E-state index contributed by atoms with van der Waals surface area (Å²) in [6.45, 7) is 3.61. The normalized spacial score (nSPS) is 17.6. The highest BCUT2D eigenvalue weighted by Gasteiger charge is 2.34. The van der Waals surface area contributed by atoms with E-state index in [1.165, 1.54) is 0 Å². The number of H-pyrrole nitrogens is 1. The minimum Gasteiger partial charge on any atom is -0.356 e. The van der Waals surface area contributed by atoms with Crippen LogP contribution in [0.15, 0.2) is 40.7 Å². The zero-order valence-electron chi connectivity index (χ0n) is 13.7. The van der Waals surface area contributed by atoms with Crippen LogP contribution in [0, 0.1) is 29.6 Å². The zero-order chi connectivity index (χ0) is 18.1. The molecule has 2 heterocycles. The van der Waals surface area contributed by atoms with E-state index in [2.05, 4.69) is 21.6 Å². The van der Waals surface area contributed by atoms with Gasteiger partial charge in [-0.15, -0.1) is 0 Å². The number of hydrogen-bond donors (Lipinski definition) is 2. The molecule has 1 aromatic carbocycles. The fourth-order valence-electron chi connectivity index (χ4n) is 3.15. The van der Waals surface area contributed by atoms with E-state index in [0.717, 1.165) is 16.6 Å². The number of halogens is 2. The Labute approximate surface area is 143 Å². The molecule has 0 fully saturated rings. The lowest BCUT2D eigenvalue weighted by atomic mass is 9.80. The van der Waals surface area contributed by atoms with Crippen molar-refractivity contribution >= 4 is 10.9 Å². The molecule has 1 aromatic heterocycles. The lowest BCUT2D eigenvalue weighted by Crippen LogP contribution is -2.29. The lowest BCUT2D eigenvalue weighted by Gasteiger charge is -2.28. The number of alkyl halides is 2. The molecule has 25 heavy (non-hydrogen) atoms. The van der Waals surface area contributed by atoms with Crippen molar-refractivity contribution in [1.82, 2.24) is 15.5 Å². The fourth-order valence-corrected chi connectivity index (χ4v) is 3.15. The van der Waals surface area contributed by atoms with E-state index in [0.29, 0.717) is 23.3 Å². The van der Waals surface area contributed by atoms with E-state index in [9.17, 15) is 19.3 Å². The lowest BCUT2D eigenvalue weighted by molar-refractivity contribution is 0.179. The minimum absolute atomic E-state index is 0.121. The van der Waals surface area contributed by atoms with Crippen LogP contribution < -0.4 is 5.32 Å². The van der Waals surface area contributed by atoms with E-state index < -0.39 is 18.0 Å². The van der Waals surface area contributed by atoms with Gasteiger partial charge >= 0.3 is 0 Å². The van der Waals surface area contributed by atoms with Crippen LogP contribution >= 0.6 is 0 Å². The molecule has 3 rings (SSSR count). The number of hydrogen-bond acceptors (Lipinski definition) is 4. The highest BCUT2D eigenvalue weighted by atomic mass is 19.3. The second-order valence-corrected chi connectivity index (χ2v) is 5.77. The molecule has 0 amide bonds. The quantitative estimate of drug-likeness (QED) is 0.890. The van der Waals surface area contributed by atoms with E-state index in [1.54, 1.807) is 25.1 Å². The molecule has 7 heteroatoms. The van der Waals surface area contributed by atoms with Gasteiger partial charge in [-0.25, -0.2) is 8.78 Å². The summed E-state index contributed by atoms with van der Waals surface area (Å²) < 4.78 is 26.9. The van der Waals surface area contributed by atoms with Crippen molar-refractivity contribution in [2.45, 2.75) is 32.6 Å². The summed E-state index contributed by atoms with van der Waals surface area (Å²) in [7, 11) is 0. The van der Waals surface area contributed by atoms with Gasteiger partial charge in [0.15, 0.2) is 0 Å². The molecular weight excluding hydrogens is 324 g/mol. The molecule has 0 spiro atoms. The van der Waals surface area contributed by atoms with Crippen molar-refractivity contribution in [3.05, 3.63) is 52.0 Å². The van der Waals surface area contributed by atoms with Gasteiger partial charge in [0.1, 0.15) is 0 Å². The Kier molecular flexibility index (Phi) is 4.24. The first kappa shape index (κ1) is 16.7. The average molecular weight is 339 g/mol. The highest BCUT2D eigenvalue weighted by Crippen LogP contribution is 2.40. The van der Waals surface area contributed by atoms with Crippen LogP contribution in [0.1, 0.15) is 30.5 Å². The van der Waals surface area contributed by atoms with Crippen molar-refractivity contribution in [2.75, 3.05) is 0 Å². The first-order chi connectivity index (χ1) is 12.0. The van der Waals surface area contributed by atoms with Gasteiger partial charge in [-0.1, -0.05) is 13.0 Å². The number of nitriles is 2. The molecule has 2 N–H and O–H groups in total. The average Bonchev–Trinajstić information content (AvgIpc) is 2.99. The molecule has 1 unspecified atom stereocenters. The largest absolute Gasteiger partial charge is 0.356 e. The van der Waals surface area contributed by atoms with Gasteiger partial charge in [-0.2, -0.15) is 15.6 Å². The van der Waals surface area contributed by atoms with Crippen LogP contribution in [0.3, 0.4) is 0 Å². The Morgan fingerprint density at radius 1 is 1.24 bits per heavy atom. The predicted octanol–water partition coefficient (Wildman–Crippen LogP) is 3.79. The first-order valence-electron chi connectivity index (χ1n) is 7.78. The number of benzene rings is 1. The number of allylic oxidation sites excluding steroid dienone is 4. The smallest absolute Gasteiger partial charge is 0.279 e. The van der Waals surface area contributed by atoms with Crippen LogP contribution in [0.25, 0.3) is 10.9 Å². The van der Waals surface area contributed by atoms with E-state index in [1.807, 2.05) is 13.0 Å². The second kappa shape index (κ2) is 6.37. The minimum atomic E-state index is -2.82. The number of nitrogens with zero attached hydrogens (tertiary/aromatic N) is 3. The van der Waals surface area contributed by atoms with Crippen molar-refractivity contribution in [2.24, 2.45) is 0 Å². The number of aryl methyl sites for hydroxylation is 1. The monoisotopic (exact) mass is 339 g/mol. The molecule has 126 valence electrons. The summed E-state index contributed by atoms with van der Waals surface area (Å²) in [5.74, 6) is -0.811. The maximum Gasteiger partial charge on any atom is 0.279 e. The number of aromatic nitrogens is 2. The third-order valence-corrected chi connectivity index (χ3v) is 4.40. The van der Waals surface area contributed by atoms with Crippen LogP contribution in [0.5, 0.6) is 0 Å². The zero-order valence-corrected chi connectivity index (χ0v) is 13.7. The Morgan fingerprint density at radius 2 is 1.96 bits per heavy atom. The molecule has 2 aromatic rings. The number of nitrogens with one attached hydrogen (secondary N) is 2. The summed E-state index contributed by atoms with van der Waals surface area (Å²) >= 11 is 0. The molecule has 1 atom stereocenters. The molecule has 0 saturated heterocycles. The summed E-state index contributed by atoms with van der Waals surface area (Å²) in [4.78, 5) is 0. The van der Waals surface area contributed by atoms with Crippen LogP contribution in [0.2, 0.25) is 0 Å². The van der Waals surface area contributed by atoms with Crippen LogP contribution in [-0.2, 0) is 0 Å². The molecule has 0 radical (unpaired) electrons. The maximum atomic E-state index is 13.5. The number of dihydropyridines is 1. The summed E-state index contributed by atoms with van der Waals surface area (Å²) in [6.07, 6.45) is -2.43. The van der Waals surface area contributed by atoms with Gasteiger partial charge in [-0.05, 0) is 31.0 Å². The standard InChI is InChI=1S/C18H15F2N5/c1-3-14-12(7-21)16(13(8-22)17(23-14)18(19)20)10-4-5-15-11(6-10)9(2)24-25-15/h4-6,16,18,23H,3H2,1-2H3,(H,24,25). The third-order valence-electron chi connectivity index (χ3n) is 4.40. The van der Waals surface area contributed by atoms with Gasteiger partial charge in [0, 0.05) is 11.1 Å². The summed E-state index contributed by atoms with van der Waals surface area (Å²) in [6, 6.07) is 9.30. The van der Waals surface area contributed by atoms with Gasteiger partial charge < -0.3 is 5.32 Å². The summed E-state index contributed by atoms with van der Waals surface area (Å²) in [5, 5.41) is 29.5. The maximum absolute atomic E-state index is 13.5. The third kappa shape index (κ3) is 2.64. The fraction of sp³-hybridized carbons (Fsp3) is 0.278. The number of aromatic amines is 1. The van der Waals surface area contributed by atoms with E-state index in [4.69, 9.17) is 0 Å². The van der Waals surface area contributed by atoms with Gasteiger partial charge in [-0.3, -0.25) is 5.10 Å². The number of fused-ring (bicyclic) bond motifs is 1. The molecule has 1 aliphatic heterocycles. The van der Waals surface area contributed by atoms with Gasteiger partial charge in [0.05, 0.1) is 46.1 Å². The molecule has 5 nitrogen and oxygen atoms in total. The first-order valence-corrected chi connectivity index (χ1v) is 7.78. The Balaban J connectivity index is 2.27. The van der Waals surface area contributed by atoms with Gasteiger partial charge in [0.25, 0.3) is 6.43 Å². The van der Waals surface area contributed by atoms with Crippen molar-refractivity contribution in [3.63, 3.8) is 0 Å². The molecule has 0 saturated carbocycles. The molecule has 0 bridgehead atoms. The molecule has 1 aliphatic rings. The second-order valence-electron chi connectivity index (χ2n) is 5.77. The topological polar surface area (TPSA) is 88.3 Å². The molecular formula is C18H15F2N5. The summed E-state index contributed by atoms with van der Waals surface area (Å²) in [5.41, 5.74) is 2.37. The SMILES string of the molecule is CCC1=C(C#N)C(c2ccc3[nH]nc(C)c3c2)C(C#N)=C(C(F)F)N1.